The van der Waals surface area contributed by atoms with E-state index in [9.17, 15) is 4.79 Å². The van der Waals surface area contributed by atoms with Gasteiger partial charge in [0, 0.05) is 23.9 Å². The molecule has 0 aliphatic carbocycles. The molecule has 0 saturated heterocycles. The third-order valence-electron chi connectivity index (χ3n) is 1.87. The third kappa shape index (κ3) is 1.70. The molecule has 0 saturated carbocycles. The Bertz CT molecular complexity index is 305. The average Bonchev–Trinajstić information content (AvgIpc) is 2.03. The van der Waals surface area contributed by atoms with Crippen molar-refractivity contribution < 1.29 is 4.79 Å². The lowest BCUT2D eigenvalue weighted by molar-refractivity contribution is 0.0987. The van der Waals surface area contributed by atoms with Crippen molar-refractivity contribution in [2.45, 2.75) is 27.2 Å². The predicted molar refractivity (Wildman–Crippen MR) is 48.3 cm³/mol. The second-order valence-electron chi connectivity index (χ2n) is 2.92. The fourth-order valence-corrected chi connectivity index (χ4v) is 1.18. The van der Waals surface area contributed by atoms with Crippen molar-refractivity contribution in [2.75, 3.05) is 0 Å². The highest BCUT2D eigenvalue weighted by Crippen LogP contribution is 2.09. The van der Waals surface area contributed by atoms with E-state index in [1.54, 1.807) is 6.20 Å². The van der Waals surface area contributed by atoms with Gasteiger partial charge in [0.1, 0.15) is 0 Å². The summed E-state index contributed by atoms with van der Waals surface area (Å²) in [6.45, 7) is 5.73. The Morgan fingerprint density at radius 2 is 2.17 bits per heavy atom. The van der Waals surface area contributed by atoms with E-state index in [-0.39, 0.29) is 5.78 Å². The Morgan fingerprint density at radius 1 is 1.50 bits per heavy atom. The Kier molecular flexibility index (Phi) is 2.58. The summed E-state index contributed by atoms with van der Waals surface area (Å²) in [4.78, 5) is 15.4. The molecule has 2 heteroatoms. The number of hydrogen-bond donors (Lipinski definition) is 0. The van der Waals surface area contributed by atoms with Crippen LogP contribution in [0.1, 0.15) is 35.0 Å². The number of nitrogens with zero attached hydrogens (tertiary/aromatic N) is 1. The SMILES string of the molecule is CCC(=O)c1cnc(C)cc1C. The van der Waals surface area contributed by atoms with Crippen molar-refractivity contribution in [3.63, 3.8) is 0 Å². The normalized spacial score (nSPS) is 9.92. The largest absolute Gasteiger partial charge is 0.294 e. The van der Waals surface area contributed by atoms with Gasteiger partial charge in [0.25, 0.3) is 0 Å². The molecule has 1 aromatic heterocycles. The summed E-state index contributed by atoms with van der Waals surface area (Å²) in [5.74, 6) is 0.167. The van der Waals surface area contributed by atoms with Gasteiger partial charge in [-0.15, -0.1) is 0 Å². The molecule has 1 rings (SSSR count). The van der Waals surface area contributed by atoms with Crippen molar-refractivity contribution in [3.05, 3.63) is 29.1 Å². The van der Waals surface area contributed by atoms with Gasteiger partial charge in [-0.2, -0.15) is 0 Å². The lowest BCUT2D eigenvalue weighted by Crippen LogP contribution is -2.01. The molecule has 0 aromatic carbocycles. The van der Waals surface area contributed by atoms with E-state index in [0.717, 1.165) is 16.8 Å². The summed E-state index contributed by atoms with van der Waals surface area (Å²) in [7, 11) is 0. The molecule has 0 bridgehead atoms. The van der Waals surface area contributed by atoms with Crippen LogP contribution in [0.15, 0.2) is 12.3 Å². The molecule has 12 heavy (non-hydrogen) atoms. The fourth-order valence-electron chi connectivity index (χ4n) is 1.18. The second kappa shape index (κ2) is 3.48. The van der Waals surface area contributed by atoms with Crippen LogP contribution in [0.3, 0.4) is 0 Å². The Hall–Kier alpha value is -1.18. The van der Waals surface area contributed by atoms with E-state index in [1.165, 1.54) is 0 Å². The molecule has 0 fully saturated rings. The van der Waals surface area contributed by atoms with Crippen LogP contribution in [0.5, 0.6) is 0 Å². The maximum absolute atomic E-state index is 11.3. The molecule has 0 N–H and O–H groups in total. The highest BCUT2D eigenvalue weighted by molar-refractivity contribution is 5.96. The quantitative estimate of drug-likeness (QED) is 0.626. The van der Waals surface area contributed by atoms with Gasteiger partial charge in [-0.05, 0) is 25.5 Å². The number of aryl methyl sites for hydroxylation is 2. The number of aromatic nitrogens is 1. The Morgan fingerprint density at radius 3 is 2.67 bits per heavy atom. The van der Waals surface area contributed by atoms with Crippen LogP contribution in [0.25, 0.3) is 0 Å². The summed E-state index contributed by atoms with van der Waals surface area (Å²) >= 11 is 0. The van der Waals surface area contributed by atoms with Crippen molar-refractivity contribution in [1.82, 2.24) is 4.98 Å². The molecule has 0 spiro atoms. The molecule has 0 amide bonds. The van der Waals surface area contributed by atoms with Crippen molar-refractivity contribution in [2.24, 2.45) is 0 Å². The molecule has 0 aliphatic heterocycles. The maximum atomic E-state index is 11.3. The monoisotopic (exact) mass is 163 g/mol. The fraction of sp³-hybridized carbons (Fsp3) is 0.400. The molecule has 2 nitrogen and oxygen atoms in total. The van der Waals surface area contributed by atoms with Gasteiger partial charge in [-0.25, -0.2) is 0 Å². The number of carbonyl (C=O) groups is 1. The van der Waals surface area contributed by atoms with E-state index in [1.807, 2.05) is 26.8 Å². The van der Waals surface area contributed by atoms with Crippen LogP contribution < -0.4 is 0 Å². The topological polar surface area (TPSA) is 30.0 Å². The third-order valence-corrected chi connectivity index (χ3v) is 1.87. The minimum Gasteiger partial charge on any atom is -0.294 e. The highest BCUT2D eigenvalue weighted by atomic mass is 16.1. The second-order valence-corrected chi connectivity index (χ2v) is 2.92. The number of pyridine rings is 1. The average molecular weight is 163 g/mol. The van der Waals surface area contributed by atoms with Gasteiger partial charge in [-0.3, -0.25) is 9.78 Å². The zero-order chi connectivity index (χ0) is 9.14. The van der Waals surface area contributed by atoms with Crippen LogP contribution >= 0.6 is 0 Å². The lowest BCUT2D eigenvalue weighted by Gasteiger charge is -2.02. The highest BCUT2D eigenvalue weighted by Gasteiger charge is 2.06. The summed E-state index contributed by atoms with van der Waals surface area (Å²) in [5.41, 5.74) is 2.73. The van der Waals surface area contributed by atoms with Gasteiger partial charge in [0.05, 0.1) is 0 Å². The minimum absolute atomic E-state index is 0.167. The molecule has 1 heterocycles. The summed E-state index contributed by atoms with van der Waals surface area (Å²) in [6.07, 6.45) is 2.21. The molecule has 64 valence electrons. The molecule has 1 aromatic rings. The Balaban J connectivity index is 3.09. The van der Waals surface area contributed by atoms with E-state index < -0.39 is 0 Å². The van der Waals surface area contributed by atoms with E-state index in [2.05, 4.69) is 4.98 Å². The van der Waals surface area contributed by atoms with Crippen LogP contribution in [0.4, 0.5) is 0 Å². The standard InChI is InChI=1S/C10H13NO/c1-4-10(12)9-6-11-8(3)5-7(9)2/h5-6H,4H2,1-3H3. The van der Waals surface area contributed by atoms with Gasteiger partial charge >= 0.3 is 0 Å². The zero-order valence-corrected chi connectivity index (χ0v) is 7.72. The Labute approximate surface area is 72.6 Å². The van der Waals surface area contributed by atoms with Gasteiger partial charge in [-0.1, -0.05) is 6.92 Å². The molecule has 0 unspecified atom stereocenters. The van der Waals surface area contributed by atoms with E-state index in [4.69, 9.17) is 0 Å². The first-order chi connectivity index (χ1) is 5.65. The van der Waals surface area contributed by atoms with Crippen LogP contribution in [0.2, 0.25) is 0 Å². The van der Waals surface area contributed by atoms with Gasteiger partial charge < -0.3 is 0 Å². The van der Waals surface area contributed by atoms with Gasteiger partial charge in [0.15, 0.2) is 5.78 Å². The number of ketones is 1. The van der Waals surface area contributed by atoms with Crippen LogP contribution in [-0.2, 0) is 0 Å². The summed E-state index contributed by atoms with van der Waals surface area (Å²) in [6, 6.07) is 1.93. The molecule has 0 radical (unpaired) electrons. The smallest absolute Gasteiger partial charge is 0.164 e. The first-order valence-corrected chi connectivity index (χ1v) is 4.11. The van der Waals surface area contributed by atoms with Crippen molar-refractivity contribution in [3.8, 4) is 0 Å². The summed E-state index contributed by atoms with van der Waals surface area (Å²) in [5, 5.41) is 0. The van der Waals surface area contributed by atoms with Crippen LogP contribution in [0, 0.1) is 13.8 Å². The van der Waals surface area contributed by atoms with E-state index in [0.29, 0.717) is 6.42 Å². The first-order valence-electron chi connectivity index (χ1n) is 4.11. The van der Waals surface area contributed by atoms with Gasteiger partial charge in [0.2, 0.25) is 0 Å². The number of hydrogen-bond acceptors (Lipinski definition) is 2. The molecule has 0 aliphatic rings. The molecular formula is C10H13NO. The lowest BCUT2D eigenvalue weighted by atomic mass is 10.1. The number of rotatable bonds is 2. The first kappa shape index (κ1) is 8.91. The summed E-state index contributed by atoms with van der Waals surface area (Å²) < 4.78 is 0. The molecular weight excluding hydrogens is 150 g/mol. The molecule has 0 atom stereocenters. The number of carbonyl (C=O) groups excluding carboxylic acids is 1. The zero-order valence-electron chi connectivity index (χ0n) is 7.72. The maximum Gasteiger partial charge on any atom is 0.164 e. The predicted octanol–water partition coefficient (Wildman–Crippen LogP) is 2.29. The minimum atomic E-state index is 0.167. The van der Waals surface area contributed by atoms with Crippen molar-refractivity contribution in [1.29, 1.82) is 0 Å². The van der Waals surface area contributed by atoms with Crippen LogP contribution in [-0.4, -0.2) is 10.8 Å². The van der Waals surface area contributed by atoms with E-state index >= 15 is 0 Å². The number of Topliss-reactive ketones (excluding diaryl/α,β-unsaturated/α-hetero) is 1. The van der Waals surface area contributed by atoms with Crippen molar-refractivity contribution >= 4 is 5.78 Å².